The van der Waals surface area contributed by atoms with Crippen molar-refractivity contribution < 1.29 is 13.2 Å². The predicted octanol–water partition coefficient (Wildman–Crippen LogP) is 3.19. The van der Waals surface area contributed by atoms with Crippen molar-refractivity contribution in [3.8, 4) is 0 Å². The smallest absolute Gasteiger partial charge is 0.327 e. The van der Waals surface area contributed by atoms with Crippen molar-refractivity contribution in [2.45, 2.75) is 50.6 Å². The van der Waals surface area contributed by atoms with E-state index in [1.54, 1.807) is 11.8 Å². The van der Waals surface area contributed by atoms with Crippen LogP contribution in [0.25, 0.3) is 0 Å². The zero-order valence-corrected chi connectivity index (χ0v) is 9.42. The molecule has 5 heteroatoms. The number of rotatable bonds is 6. The molecule has 0 saturated carbocycles. The lowest BCUT2D eigenvalue weighted by molar-refractivity contribution is -0.135. The Kier molecular flexibility index (Phi) is 6.61. The third-order valence-corrected chi connectivity index (χ3v) is 2.97. The first kappa shape index (κ1) is 14.1. The minimum absolute atomic E-state index is 0.107. The van der Waals surface area contributed by atoms with Gasteiger partial charge in [0.25, 0.3) is 0 Å². The minimum Gasteiger partial charge on any atom is -0.327 e. The van der Waals surface area contributed by atoms with Crippen LogP contribution in [-0.2, 0) is 0 Å². The molecule has 0 amide bonds. The van der Waals surface area contributed by atoms with Crippen molar-refractivity contribution >= 4 is 11.8 Å². The summed E-state index contributed by atoms with van der Waals surface area (Å²) in [4.78, 5) is 0. The summed E-state index contributed by atoms with van der Waals surface area (Å²) < 4.78 is 35.3. The third kappa shape index (κ3) is 10.2. The first-order chi connectivity index (χ1) is 6.31. The summed E-state index contributed by atoms with van der Waals surface area (Å²) in [6.07, 6.45) is -4.15. The lowest BCUT2D eigenvalue weighted by atomic mass is 10.1. The van der Waals surface area contributed by atoms with Crippen LogP contribution in [0.3, 0.4) is 0 Å². The van der Waals surface area contributed by atoms with Crippen molar-refractivity contribution in [1.82, 2.24) is 0 Å². The molecular weight excluding hydrogens is 211 g/mol. The number of hydrogen-bond acceptors (Lipinski definition) is 2. The number of nitrogens with two attached hydrogens (primary N) is 1. The lowest BCUT2D eigenvalue weighted by Crippen LogP contribution is -2.24. The first-order valence-corrected chi connectivity index (χ1v) is 5.80. The predicted molar refractivity (Wildman–Crippen MR) is 55.5 cm³/mol. The fourth-order valence-corrected chi connectivity index (χ4v) is 1.76. The molecule has 0 aliphatic rings. The van der Waals surface area contributed by atoms with Crippen LogP contribution < -0.4 is 5.73 Å². The molecule has 0 aromatic rings. The number of thioether (sulfide) groups is 1. The van der Waals surface area contributed by atoms with Crippen molar-refractivity contribution in [3.05, 3.63) is 0 Å². The molecule has 1 atom stereocenters. The molecule has 0 aromatic carbocycles. The van der Waals surface area contributed by atoms with Gasteiger partial charge in [-0.2, -0.15) is 24.9 Å². The topological polar surface area (TPSA) is 26.0 Å². The maximum atomic E-state index is 11.8. The van der Waals surface area contributed by atoms with E-state index in [4.69, 9.17) is 5.73 Å². The number of halogens is 3. The molecule has 1 unspecified atom stereocenters. The van der Waals surface area contributed by atoms with E-state index in [1.165, 1.54) is 0 Å². The SMILES string of the molecule is CC(C)SCC(N)CCCC(F)(F)F. The molecule has 0 aromatic heterocycles. The Hall–Kier alpha value is 0.100. The summed E-state index contributed by atoms with van der Waals surface area (Å²) in [6, 6.07) is -0.107. The largest absolute Gasteiger partial charge is 0.389 e. The molecule has 0 fully saturated rings. The summed E-state index contributed by atoms with van der Waals surface area (Å²) in [6.45, 7) is 4.10. The molecule has 0 heterocycles. The molecule has 14 heavy (non-hydrogen) atoms. The van der Waals surface area contributed by atoms with Gasteiger partial charge in [0.05, 0.1) is 0 Å². The molecule has 0 bridgehead atoms. The van der Waals surface area contributed by atoms with E-state index in [9.17, 15) is 13.2 Å². The van der Waals surface area contributed by atoms with E-state index in [0.29, 0.717) is 11.7 Å². The van der Waals surface area contributed by atoms with Gasteiger partial charge < -0.3 is 5.73 Å². The Morgan fingerprint density at radius 1 is 1.29 bits per heavy atom. The second-order valence-electron chi connectivity index (χ2n) is 3.65. The quantitative estimate of drug-likeness (QED) is 0.757. The van der Waals surface area contributed by atoms with Gasteiger partial charge >= 0.3 is 6.18 Å². The number of hydrogen-bond donors (Lipinski definition) is 1. The molecule has 1 nitrogen and oxygen atoms in total. The highest BCUT2D eigenvalue weighted by molar-refractivity contribution is 7.99. The molecule has 0 spiro atoms. The Morgan fingerprint density at radius 3 is 2.29 bits per heavy atom. The van der Waals surface area contributed by atoms with E-state index in [0.717, 1.165) is 5.75 Å². The van der Waals surface area contributed by atoms with Gasteiger partial charge in [-0.05, 0) is 18.1 Å². The molecule has 0 aliphatic carbocycles. The van der Waals surface area contributed by atoms with Gasteiger partial charge in [0.1, 0.15) is 0 Å². The van der Waals surface area contributed by atoms with E-state index >= 15 is 0 Å². The van der Waals surface area contributed by atoms with Gasteiger partial charge in [0.15, 0.2) is 0 Å². The van der Waals surface area contributed by atoms with Crippen LogP contribution in [0.4, 0.5) is 13.2 Å². The highest BCUT2D eigenvalue weighted by atomic mass is 32.2. The van der Waals surface area contributed by atoms with Gasteiger partial charge in [-0.15, -0.1) is 0 Å². The van der Waals surface area contributed by atoms with E-state index in [-0.39, 0.29) is 12.5 Å². The second kappa shape index (κ2) is 6.56. The van der Waals surface area contributed by atoms with Gasteiger partial charge in [0.2, 0.25) is 0 Å². The standard InChI is InChI=1S/C9H18F3NS/c1-7(2)14-6-8(13)4-3-5-9(10,11)12/h7-8H,3-6,13H2,1-2H3. The Bertz CT molecular complexity index is 147. The van der Waals surface area contributed by atoms with Gasteiger partial charge in [-0.25, -0.2) is 0 Å². The highest BCUT2D eigenvalue weighted by Crippen LogP contribution is 2.23. The van der Waals surface area contributed by atoms with Crippen LogP contribution in [0, 0.1) is 0 Å². The van der Waals surface area contributed by atoms with Gasteiger partial charge in [0, 0.05) is 18.2 Å². The van der Waals surface area contributed by atoms with Crippen LogP contribution in [0.15, 0.2) is 0 Å². The fraction of sp³-hybridized carbons (Fsp3) is 1.00. The van der Waals surface area contributed by atoms with Crippen molar-refractivity contribution in [3.63, 3.8) is 0 Å². The lowest BCUT2D eigenvalue weighted by Gasteiger charge is -2.13. The minimum atomic E-state index is -4.04. The summed E-state index contributed by atoms with van der Waals surface area (Å²) in [5, 5.41) is 0.490. The summed E-state index contributed by atoms with van der Waals surface area (Å²) >= 11 is 1.69. The Morgan fingerprint density at radius 2 is 1.86 bits per heavy atom. The van der Waals surface area contributed by atoms with E-state index < -0.39 is 12.6 Å². The normalized spacial score (nSPS) is 14.8. The van der Waals surface area contributed by atoms with Crippen LogP contribution >= 0.6 is 11.8 Å². The molecule has 0 rings (SSSR count). The van der Waals surface area contributed by atoms with E-state index in [2.05, 4.69) is 0 Å². The molecule has 2 N–H and O–H groups in total. The highest BCUT2D eigenvalue weighted by Gasteiger charge is 2.26. The second-order valence-corrected chi connectivity index (χ2v) is 5.26. The Labute approximate surface area is 87.6 Å². The average Bonchev–Trinajstić information content (AvgIpc) is 1.98. The maximum Gasteiger partial charge on any atom is 0.389 e. The van der Waals surface area contributed by atoms with Crippen molar-refractivity contribution in [1.29, 1.82) is 0 Å². The summed E-state index contributed by atoms with van der Waals surface area (Å²) in [7, 11) is 0. The Balaban J connectivity index is 3.40. The maximum absolute atomic E-state index is 11.8. The zero-order valence-electron chi connectivity index (χ0n) is 8.60. The van der Waals surface area contributed by atoms with Crippen molar-refractivity contribution in [2.24, 2.45) is 5.73 Å². The average molecular weight is 229 g/mol. The van der Waals surface area contributed by atoms with Crippen LogP contribution in [0.1, 0.15) is 33.1 Å². The van der Waals surface area contributed by atoms with Crippen LogP contribution in [0.5, 0.6) is 0 Å². The van der Waals surface area contributed by atoms with Crippen molar-refractivity contribution in [2.75, 3.05) is 5.75 Å². The fourth-order valence-electron chi connectivity index (χ4n) is 0.964. The number of alkyl halides is 3. The van der Waals surface area contributed by atoms with Gasteiger partial charge in [-0.1, -0.05) is 13.8 Å². The molecule has 0 saturated heterocycles. The van der Waals surface area contributed by atoms with Gasteiger partial charge in [-0.3, -0.25) is 0 Å². The first-order valence-electron chi connectivity index (χ1n) is 4.75. The molecule has 86 valence electrons. The zero-order chi connectivity index (χ0) is 11.2. The monoisotopic (exact) mass is 229 g/mol. The van der Waals surface area contributed by atoms with E-state index in [1.807, 2.05) is 13.8 Å². The summed E-state index contributed by atoms with van der Waals surface area (Å²) in [5.74, 6) is 0.746. The summed E-state index contributed by atoms with van der Waals surface area (Å²) in [5.41, 5.74) is 5.66. The molecular formula is C9H18F3NS. The van der Waals surface area contributed by atoms with Crippen LogP contribution in [-0.4, -0.2) is 23.2 Å². The third-order valence-electron chi connectivity index (χ3n) is 1.68. The van der Waals surface area contributed by atoms with Crippen LogP contribution in [0.2, 0.25) is 0 Å². The molecule has 0 aliphatic heterocycles. The molecule has 0 radical (unpaired) electrons.